The summed E-state index contributed by atoms with van der Waals surface area (Å²) in [5.41, 5.74) is 0.290. The quantitative estimate of drug-likeness (QED) is 0.458. The van der Waals surface area contributed by atoms with Crippen LogP contribution in [0.5, 0.6) is 5.75 Å². The molecular weight excluding hydrogens is 284 g/mol. The molecule has 2 aromatic rings. The molecule has 0 saturated carbocycles. The maximum Gasteiger partial charge on any atom is 0.194 e. The van der Waals surface area contributed by atoms with Crippen LogP contribution in [-0.2, 0) is 6.42 Å². The van der Waals surface area contributed by atoms with Crippen LogP contribution in [0, 0.1) is 23.3 Å². The summed E-state index contributed by atoms with van der Waals surface area (Å²) >= 11 is 0. The lowest BCUT2D eigenvalue weighted by Gasteiger charge is -2.04. The second kappa shape index (κ2) is 6.43. The zero-order chi connectivity index (χ0) is 15.4. The Morgan fingerprint density at radius 2 is 1.62 bits per heavy atom. The normalized spacial score (nSPS) is 11.1. The van der Waals surface area contributed by atoms with Crippen molar-refractivity contribution in [1.82, 2.24) is 0 Å². The van der Waals surface area contributed by atoms with Crippen molar-refractivity contribution in [2.45, 2.75) is 6.42 Å². The topological polar surface area (TPSA) is 9.23 Å². The molecule has 0 heterocycles. The van der Waals surface area contributed by atoms with Crippen molar-refractivity contribution in [2.24, 2.45) is 0 Å². The van der Waals surface area contributed by atoms with Gasteiger partial charge >= 0.3 is 0 Å². The summed E-state index contributed by atoms with van der Waals surface area (Å²) in [7, 11) is 1.54. The van der Waals surface area contributed by atoms with E-state index in [1.54, 1.807) is 37.5 Å². The first kappa shape index (κ1) is 15.1. The highest BCUT2D eigenvalue weighted by atomic mass is 19.2. The minimum atomic E-state index is -1.66. The molecule has 0 unspecified atom stereocenters. The first-order valence-electron chi connectivity index (χ1n) is 6.15. The van der Waals surface area contributed by atoms with Crippen LogP contribution < -0.4 is 4.74 Å². The molecule has 0 bridgehead atoms. The van der Waals surface area contributed by atoms with Crippen LogP contribution in [0.25, 0.3) is 6.08 Å². The molecule has 1 nitrogen and oxygen atoms in total. The van der Waals surface area contributed by atoms with Crippen molar-refractivity contribution in [3.05, 3.63) is 70.8 Å². The van der Waals surface area contributed by atoms with E-state index in [2.05, 4.69) is 0 Å². The van der Waals surface area contributed by atoms with E-state index in [9.17, 15) is 17.6 Å². The molecule has 0 radical (unpaired) electrons. The van der Waals surface area contributed by atoms with Gasteiger partial charge in [-0.3, -0.25) is 0 Å². The number of hydrogen-bond acceptors (Lipinski definition) is 1. The zero-order valence-corrected chi connectivity index (χ0v) is 11.2. The Hall–Kier alpha value is -2.30. The molecule has 0 saturated heterocycles. The summed E-state index contributed by atoms with van der Waals surface area (Å²) in [6.45, 7) is 0. The predicted octanol–water partition coefficient (Wildman–Crippen LogP) is 4.51. The van der Waals surface area contributed by atoms with Crippen molar-refractivity contribution in [2.75, 3.05) is 7.11 Å². The highest BCUT2D eigenvalue weighted by Gasteiger charge is 2.17. The van der Waals surface area contributed by atoms with Gasteiger partial charge in [-0.25, -0.2) is 17.6 Å². The monoisotopic (exact) mass is 296 g/mol. The summed E-state index contributed by atoms with van der Waals surface area (Å²) in [4.78, 5) is 0. The SMILES string of the molecule is COc1ccc(/C=C/Cc2c(F)cc(F)c(F)c2F)cc1. The maximum atomic E-state index is 13.4. The standard InChI is InChI=1S/C16H12F4O/c1-21-11-7-5-10(6-8-11)3-2-4-12-13(17)9-14(18)16(20)15(12)19/h2-3,5-9H,4H2,1H3/b3-2+. The van der Waals surface area contributed by atoms with Crippen molar-refractivity contribution >= 4 is 6.08 Å². The fourth-order valence-corrected chi connectivity index (χ4v) is 1.82. The average molecular weight is 296 g/mol. The molecule has 5 heteroatoms. The molecule has 21 heavy (non-hydrogen) atoms. The molecule has 0 fully saturated rings. The Balaban J connectivity index is 2.15. The number of rotatable bonds is 4. The van der Waals surface area contributed by atoms with Crippen LogP contribution in [0.4, 0.5) is 17.6 Å². The summed E-state index contributed by atoms with van der Waals surface area (Å²) < 4.78 is 57.7. The third kappa shape index (κ3) is 3.42. The zero-order valence-electron chi connectivity index (χ0n) is 11.2. The third-order valence-corrected chi connectivity index (χ3v) is 2.96. The first-order valence-corrected chi connectivity index (χ1v) is 6.15. The number of allylic oxidation sites excluding steroid dienone is 1. The summed E-state index contributed by atoms with van der Waals surface area (Å²) in [5, 5.41) is 0. The highest BCUT2D eigenvalue weighted by Crippen LogP contribution is 2.20. The highest BCUT2D eigenvalue weighted by molar-refractivity contribution is 5.51. The molecule has 0 amide bonds. The minimum absolute atomic E-state index is 0.180. The predicted molar refractivity (Wildman–Crippen MR) is 72.0 cm³/mol. The van der Waals surface area contributed by atoms with E-state index >= 15 is 0 Å². The Kier molecular flexibility index (Phi) is 4.62. The lowest BCUT2D eigenvalue weighted by atomic mass is 10.1. The van der Waals surface area contributed by atoms with Gasteiger partial charge in [-0.2, -0.15) is 0 Å². The van der Waals surface area contributed by atoms with E-state index < -0.39 is 28.8 Å². The van der Waals surface area contributed by atoms with Crippen molar-refractivity contribution < 1.29 is 22.3 Å². The van der Waals surface area contributed by atoms with Gasteiger partial charge in [0, 0.05) is 11.6 Å². The number of benzene rings is 2. The van der Waals surface area contributed by atoms with Crippen LogP contribution in [0.15, 0.2) is 36.4 Å². The Morgan fingerprint density at radius 3 is 2.24 bits per heavy atom. The van der Waals surface area contributed by atoms with E-state index in [1.165, 1.54) is 6.08 Å². The lowest BCUT2D eigenvalue weighted by Crippen LogP contribution is -2.01. The first-order chi connectivity index (χ1) is 10.0. The largest absolute Gasteiger partial charge is 0.497 e. The number of ether oxygens (including phenoxy) is 1. The summed E-state index contributed by atoms with van der Waals surface area (Å²) in [5.74, 6) is -5.11. The molecule has 0 aromatic heterocycles. The molecule has 110 valence electrons. The molecule has 0 aliphatic heterocycles. The molecule has 0 atom stereocenters. The lowest BCUT2D eigenvalue weighted by molar-refractivity contribution is 0.415. The molecule has 2 aromatic carbocycles. The third-order valence-electron chi connectivity index (χ3n) is 2.96. The van der Waals surface area contributed by atoms with Gasteiger partial charge in [0.25, 0.3) is 0 Å². The van der Waals surface area contributed by atoms with Crippen molar-refractivity contribution in [1.29, 1.82) is 0 Å². The van der Waals surface area contributed by atoms with Gasteiger partial charge in [-0.05, 0) is 24.1 Å². The Bertz CT molecular complexity index is 663. The van der Waals surface area contributed by atoms with Gasteiger partial charge in [-0.1, -0.05) is 24.3 Å². The van der Waals surface area contributed by atoms with Gasteiger partial charge in [0.05, 0.1) is 7.11 Å². The maximum absolute atomic E-state index is 13.4. The Labute approximate surface area is 119 Å². The molecule has 0 N–H and O–H groups in total. The van der Waals surface area contributed by atoms with Crippen LogP contribution in [-0.4, -0.2) is 7.11 Å². The van der Waals surface area contributed by atoms with E-state index in [4.69, 9.17) is 4.74 Å². The molecule has 0 spiro atoms. The summed E-state index contributed by atoms with van der Waals surface area (Å²) in [6.07, 6.45) is 2.92. The smallest absolute Gasteiger partial charge is 0.194 e. The van der Waals surface area contributed by atoms with Gasteiger partial charge < -0.3 is 4.74 Å². The van der Waals surface area contributed by atoms with Crippen LogP contribution in [0.1, 0.15) is 11.1 Å². The van der Waals surface area contributed by atoms with Crippen molar-refractivity contribution in [3.63, 3.8) is 0 Å². The van der Waals surface area contributed by atoms with Gasteiger partial charge in [0.1, 0.15) is 11.6 Å². The van der Waals surface area contributed by atoms with Crippen molar-refractivity contribution in [3.8, 4) is 5.75 Å². The molecule has 0 aliphatic carbocycles. The van der Waals surface area contributed by atoms with E-state index in [-0.39, 0.29) is 6.42 Å². The molecule has 2 rings (SSSR count). The number of hydrogen-bond donors (Lipinski definition) is 0. The van der Waals surface area contributed by atoms with Crippen LogP contribution >= 0.6 is 0 Å². The van der Waals surface area contributed by atoms with E-state index in [1.807, 2.05) is 0 Å². The average Bonchev–Trinajstić information content (AvgIpc) is 2.49. The van der Waals surface area contributed by atoms with E-state index in [0.29, 0.717) is 11.8 Å². The molecular formula is C16H12F4O. The fraction of sp³-hybridized carbons (Fsp3) is 0.125. The van der Waals surface area contributed by atoms with Gasteiger partial charge in [0.15, 0.2) is 17.5 Å². The summed E-state index contributed by atoms with van der Waals surface area (Å²) in [6, 6.07) is 7.33. The van der Waals surface area contributed by atoms with Gasteiger partial charge in [-0.15, -0.1) is 0 Å². The minimum Gasteiger partial charge on any atom is -0.497 e. The van der Waals surface area contributed by atoms with Crippen LogP contribution in [0.2, 0.25) is 0 Å². The fourth-order valence-electron chi connectivity index (χ4n) is 1.82. The molecule has 0 aliphatic rings. The second-order valence-corrected chi connectivity index (χ2v) is 4.33. The van der Waals surface area contributed by atoms with Crippen LogP contribution in [0.3, 0.4) is 0 Å². The Morgan fingerprint density at radius 1 is 0.952 bits per heavy atom. The van der Waals surface area contributed by atoms with E-state index in [0.717, 1.165) is 5.56 Å². The number of methoxy groups -OCH3 is 1. The second-order valence-electron chi connectivity index (χ2n) is 4.33. The number of halogens is 4. The van der Waals surface area contributed by atoms with Gasteiger partial charge in [0.2, 0.25) is 0 Å².